The van der Waals surface area contributed by atoms with Crippen molar-refractivity contribution >= 4 is 0 Å². The molecular weight excluding hydrogens is 272 g/mol. The number of likely N-dealkylation sites (tertiary alicyclic amines) is 1. The minimum absolute atomic E-state index is 0.122. The van der Waals surface area contributed by atoms with Crippen LogP contribution in [0.2, 0.25) is 0 Å². The van der Waals surface area contributed by atoms with Crippen molar-refractivity contribution in [3.05, 3.63) is 35.9 Å². The van der Waals surface area contributed by atoms with Crippen LogP contribution in [-0.4, -0.2) is 60.8 Å². The van der Waals surface area contributed by atoms with Crippen LogP contribution in [0, 0.1) is 0 Å². The molecule has 3 rings (SSSR count). The van der Waals surface area contributed by atoms with Crippen LogP contribution < -0.4 is 0 Å². The number of rotatable bonds is 4. The van der Waals surface area contributed by atoms with E-state index in [0.29, 0.717) is 6.10 Å². The van der Waals surface area contributed by atoms with Crippen LogP contribution >= 0.6 is 0 Å². The van der Waals surface area contributed by atoms with Crippen molar-refractivity contribution in [2.75, 3.05) is 39.3 Å². The van der Waals surface area contributed by atoms with Gasteiger partial charge in [-0.3, -0.25) is 4.90 Å². The highest BCUT2D eigenvalue weighted by Crippen LogP contribution is 2.32. The molecule has 22 heavy (non-hydrogen) atoms. The third-order valence-corrected chi connectivity index (χ3v) is 5.25. The maximum Gasteiger partial charge on any atom is 0.0837 e. The molecule has 122 valence electrons. The molecule has 3 nitrogen and oxygen atoms in total. The number of ether oxygens (including phenoxy) is 1. The Morgan fingerprint density at radius 3 is 2.55 bits per heavy atom. The first-order valence-electron chi connectivity index (χ1n) is 8.85. The molecule has 2 aliphatic rings. The smallest absolute Gasteiger partial charge is 0.0837 e. The predicted molar refractivity (Wildman–Crippen MR) is 91.2 cm³/mol. The molecule has 2 fully saturated rings. The van der Waals surface area contributed by atoms with Crippen molar-refractivity contribution in [3.8, 4) is 0 Å². The van der Waals surface area contributed by atoms with Gasteiger partial charge < -0.3 is 9.64 Å². The Labute approximate surface area is 135 Å². The molecule has 0 radical (unpaired) electrons. The second kappa shape index (κ2) is 7.12. The maximum atomic E-state index is 6.39. The van der Waals surface area contributed by atoms with E-state index >= 15 is 0 Å². The van der Waals surface area contributed by atoms with Gasteiger partial charge in [-0.05, 0) is 38.3 Å². The average Bonchev–Trinajstić information content (AvgIpc) is 2.55. The zero-order chi connectivity index (χ0) is 15.4. The van der Waals surface area contributed by atoms with Crippen molar-refractivity contribution in [1.29, 1.82) is 0 Å². The average molecular weight is 302 g/mol. The van der Waals surface area contributed by atoms with Gasteiger partial charge in [0.15, 0.2) is 0 Å². The van der Waals surface area contributed by atoms with Crippen LogP contribution in [0.1, 0.15) is 32.3 Å². The quantitative estimate of drug-likeness (QED) is 0.850. The van der Waals surface area contributed by atoms with Gasteiger partial charge in [-0.1, -0.05) is 37.3 Å². The van der Waals surface area contributed by atoms with E-state index in [4.69, 9.17) is 4.74 Å². The molecule has 0 N–H and O–H groups in total. The molecule has 1 atom stereocenters. The molecule has 1 aromatic rings. The lowest BCUT2D eigenvalue weighted by Crippen LogP contribution is -2.59. The zero-order valence-electron chi connectivity index (χ0n) is 14.1. The molecule has 3 heteroatoms. The fourth-order valence-corrected chi connectivity index (χ4v) is 3.97. The molecule has 0 bridgehead atoms. The van der Waals surface area contributed by atoms with E-state index in [1.165, 1.54) is 38.0 Å². The first-order chi connectivity index (χ1) is 10.7. The number of benzene rings is 1. The predicted octanol–water partition coefficient (Wildman–Crippen LogP) is 2.80. The third-order valence-electron chi connectivity index (χ3n) is 5.25. The Morgan fingerprint density at radius 1 is 1.14 bits per heavy atom. The molecule has 1 unspecified atom stereocenters. The Morgan fingerprint density at radius 2 is 1.86 bits per heavy atom. The highest BCUT2D eigenvalue weighted by atomic mass is 16.5. The normalized spacial score (nSPS) is 26.4. The van der Waals surface area contributed by atoms with E-state index in [2.05, 4.69) is 54.0 Å². The molecule has 1 spiro atoms. The lowest BCUT2D eigenvalue weighted by atomic mass is 9.88. The molecule has 0 saturated carbocycles. The van der Waals surface area contributed by atoms with Gasteiger partial charge in [0.1, 0.15) is 0 Å². The van der Waals surface area contributed by atoms with Gasteiger partial charge in [0.25, 0.3) is 0 Å². The first kappa shape index (κ1) is 16.0. The van der Waals surface area contributed by atoms with Crippen LogP contribution in [0.4, 0.5) is 0 Å². The van der Waals surface area contributed by atoms with Gasteiger partial charge in [-0.2, -0.15) is 0 Å². The van der Waals surface area contributed by atoms with Gasteiger partial charge in [-0.25, -0.2) is 0 Å². The first-order valence-corrected chi connectivity index (χ1v) is 8.85. The topological polar surface area (TPSA) is 15.7 Å². The molecule has 0 aromatic heterocycles. The lowest BCUT2D eigenvalue weighted by Gasteiger charge is -2.49. The Balaban J connectivity index is 1.49. The van der Waals surface area contributed by atoms with Crippen molar-refractivity contribution in [1.82, 2.24) is 9.80 Å². The largest absolute Gasteiger partial charge is 0.369 e. The SMILES string of the molecule is CCN1CC(C)OC2(CCN(CCc3ccccc3)CC2)C1. The van der Waals surface area contributed by atoms with Crippen LogP contribution in [0.3, 0.4) is 0 Å². The lowest BCUT2D eigenvalue weighted by molar-refractivity contribution is -0.169. The number of hydrogen-bond acceptors (Lipinski definition) is 3. The van der Waals surface area contributed by atoms with Crippen molar-refractivity contribution in [3.63, 3.8) is 0 Å². The highest BCUT2D eigenvalue weighted by molar-refractivity contribution is 5.14. The molecule has 1 aromatic carbocycles. The van der Waals surface area contributed by atoms with Crippen molar-refractivity contribution in [2.45, 2.75) is 44.8 Å². The second-order valence-corrected chi connectivity index (χ2v) is 7.02. The molecule has 0 amide bonds. The monoisotopic (exact) mass is 302 g/mol. The number of morpholine rings is 1. The van der Waals surface area contributed by atoms with Crippen LogP contribution in [0.25, 0.3) is 0 Å². The number of piperidine rings is 1. The molecule has 2 heterocycles. The number of hydrogen-bond donors (Lipinski definition) is 0. The summed E-state index contributed by atoms with van der Waals surface area (Å²) in [7, 11) is 0. The summed E-state index contributed by atoms with van der Waals surface area (Å²) in [5.41, 5.74) is 1.57. The van der Waals surface area contributed by atoms with E-state index in [1.54, 1.807) is 0 Å². The summed E-state index contributed by atoms with van der Waals surface area (Å²) in [6.45, 7) is 11.4. The number of nitrogens with zero attached hydrogens (tertiary/aromatic N) is 2. The summed E-state index contributed by atoms with van der Waals surface area (Å²) in [5.74, 6) is 0. The zero-order valence-corrected chi connectivity index (χ0v) is 14.1. The molecule has 0 aliphatic carbocycles. The molecule has 2 aliphatic heterocycles. The second-order valence-electron chi connectivity index (χ2n) is 7.02. The number of likely N-dealkylation sites (N-methyl/N-ethyl adjacent to an activating group) is 1. The van der Waals surface area contributed by atoms with Crippen molar-refractivity contribution < 1.29 is 4.74 Å². The van der Waals surface area contributed by atoms with E-state index in [1.807, 2.05) is 0 Å². The maximum absolute atomic E-state index is 6.39. The standard InChI is InChI=1S/C19H30N2O/c1-3-20-15-17(2)22-19(16-20)10-13-21(14-11-19)12-9-18-7-5-4-6-8-18/h4-8,17H,3,9-16H2,1-2H3. The summed E-state index contributed by atoms with van der Waals surface area (Å²) in [4.78, 5) is 5.17. The summed E-state index contributed by atoms with van der Waals surface area (Å²) >= 11 is 0. The summed E-state index contributed by atoms with van der Waals surface area (Å²) in [5, 5.41) is 0. The van der Waals surface area contributed by atoms with E-state index in [-0.39, 0.29) is 5.60 Å². The van der Waals surface area contributed by atoms with Gasteiger partial charge >= 0.3 is 0 Å². The summed E-state index contributed by atoms with van der Waals surface area (Å²) < 4.78 is 6.39. The fourth-order valence-electron chi connectivity index (χ4n) is 3.97. The Hall–Kier alpha value is -0.900. The minimum atomic E-state index is 0.122. The van der Waals surface area contributed by atoms with Crippen LogP contribution in [-0.2, 0) is 11.2 Å². The van der Waals surface area contributed by atoms with Gasteiger partial charge in [0.05, 0.1) is 11.7 Å². The Kier molecular flexibility index (Phi) is 5.17. The van der Waals surface area contributed by atoms with Gasteiger partial charge in [-0.15, -0.1) is 0 Å². The highest BCUT2D eigenvalue weighted by Gasteiger charge is 2.41. The summed E-state index contributed by atoms with van der Waals surface area (Å²) in [6, 6.07) is 10.8. The van der Waals surface area contributed by atoms with E-state index in [9.17, 15) is 0 Å². The van der Waals surface area contributed by atoms with E-state index in [0.717, 1.165) is 26.1 Å². The minimum Gasteiger partial charge on any atom is -0.369 e. The van der Waals surface area contributed by atoms with Crippen molar-refractivity contribution in [2.24, 2.45) is 0 Å². The third kappa shape index (κ3) is 3.89. The van der Waals surface area contributed by atoms with Crippen LogP contribution in [0.5, 0.6) is 0 Å². The van der Waals surface area contributed by atoms with E-state index < -0.39 is 0 Å². The fraction of sp³-hybridized carbons (Fsp3) is 0.684. The van der Waals surface area contributed by atoms with Gasteiger partial charge in [0, 0.05) is 32.7 Å². The van der Waals surface area contributed by atoms with Gasteiger partial charge in [0.2, 0.25) is 0 Å². The van der Waals surface area contributed by atoms with Crippen LogP contribution in [0.15, 0.2) is 30.3 Å². The Bertz CT molecular complexity index is 454. The molecular formula is C19H30N2O. The summed E-state index contributed by atoms with van der Waals surface area (Å²) in [6.07, 6.45) is 3.90. The molecule has 2 saturated heterocycles.